The van der Waals surface area contributed by atoms with E-state index in [0.29, 0.717) is 39.5 Å². The zero-order chi connectivity index (χ0) is 19.8. The van der Waals surface area contributed by atoms with Gasteiger partial charge in [-0.05, 0) is 18.1 Å². The van der Waals surface area contributed by atoms with Gasteiger partial charge in [-0.2, -0.15) is 5.26 Å². The fourth-order valence-corrected chi connectivity index (χ4v) is 4.94. The van der Waals surface area contributed by atoms with Crippen molar-refractivity contribution in [2.24, 2.45) is 0 Å². The van der Waals surface area contributed by atoms with E-state index in [2.05, 4.69) is 16.0 Å². The van der Waals surface area contributed by atoms with E-state index in [1.54, 1.807) is 13.3 Å². The Morgan fingerprint density at radius 3 is 2.82 bits per heavy atom. The summed E-state index contributed by atoms with van der Waals surface area (Å²) in [5.74, 6) is 1.07. The number of hydrogen-bond acceptors (Lipinski definition) is 7. The molecule has 1 unspecified atom stereocenters. The normalized spacial score (nSPS) is 11.9. The highest BCUT2D eigenvalue weighted by molar-refractivity contribution is 8.10. The first-order valence-corrected chi connectivity index (χ1v) is 11.1. The van der Waals surface area contributed by atoms with Gasteiger partial charge in [0.2, 0.25) is 0 Å². The molecule has 0 saturated heterocycles. The third-order valence-corrected chi connectivity index (χ3v) is 6.75. The SMILES string of the molecule is COCCCS(=O)CSc1nc(-c2cnco2)cc(-c2ccccc2)c1C#N. The van der Waals surface area contributed by atoms with Crippen molar-refractivity contribution in [1.82, 2.24) is 9.97 Å². The van der Waals surface area contributed by atoms with Crippen molar-refractivity contribution in [3.8, 4) is 28.7 Å². The van der Waals surface area contributed by atoms with Gasteiger partial charge < -0.3 is 9.15 Å². The van der Waals surface area contributed by atoms with Crippen LogP contribution in [-0.4, -0.2) is 38.7 Å². The lowest BCUT2D eigenvalue weighted by Crippen LogP contribution is -2.04. The number of methoxy groups -OCH3 is 1. The predicted molar refractivity (Wildman–Crippen MR) is 110 cm³/mol. The fourth-order valence-electron chi connectivity index (χ4n) is 2.59. The van der Waals surface area contributed by atoms with Crippen LogP contribution in [0.1, 0.15) is 12.0 Å². The molecule has 1 atom stereocenters. The molecule has 0 aliphatic carbocycles. The second-order valence-electron chi connectivity index (χ2n) is 5.83. The summed E-state index contributed by atoms with van der Waals surface area (Å²) in [5, 5.41) is 10.7. The van der Waals surface area contributed by atoms with Crippen LogP contribution in [0.5, 0.6) is 0 Å². The molecule has 0 aliphatic rings. The first-order chi connectivity index (χ1) is 13.7. The van der Waals surface area contributed by atoms with Gasteiger partial charge in [0, 0.05) is 35.8 Å². The van der Waals surface area contributed by atoms with E-state index in [-0.39, 0.29) is 0 Å². The Bertz CT molecular complexity index is 970. The van der Waals surface area contributed by atoms with Crippen LogP contribution in [0, 0.1) is 11.3 Å². The van der Waals surface area contributed by atoms with Crippen LogP contribution in [0.15, 0.2) is 58.4 Å². The average Bonchev–Trinajstić information content (AvgIpc) is 3.27. The van der Waals surface area contributed by atoms with Crippen LogP contribution in [-0.2, 0) is 15.5 Å². The number of thioether (sulfide) groups is 1. The highest BCUT2D eigenvalue weighted by Gasteiger charge is 2.17. The lowest BCUT2D eigenvalue weighted by molar-refractivity contribution is 0.200. The summed E-state index contributed by atoms with van der Waals surface area (Å²) in [4.78, 5) is 8.54. The quantitative estimate of drug-likeness (QED) is 0.385. The highest BCUT2D eigenvalue weighted by Crippen LogP contribution is 2.34. The Kier molecular flexibility index (Phi) is 7.37. The summed E-state index contributed by atoms with van der Waals surface area (Å²) in [5.41, 5.74) is 2.72. The van der Waals surface area contributed by atoms with Crippen molar-refractivity contribution < 1.29 is 13.4 Å². The van der Waals surface area contributed by atoms with Crippen molar-refractivity contribution >= 4 is 22.6 Å². The summed E-state index contributed by atoms with van der Waals surface area (Å²) < 4.78 is 22.6. The molecule has 0 saturated carbocycles. The zero-order valence-corrected chi connectivity index (χ0v) is 17.0. The van der Waals surface area contributed by atoms with Gasteiger partial charge >= 0.3 is 0 Å². The summed E-state index contributed by atoms with van der Waals surface area (Å²) >= 11 is 1.32. The van der Waals surface area contributed by atoms with E-state index < -0.39 is 10.8 Å². The van der Waals surface area contributed by atoms with Gasteiger partial charge in [-0.1, -0.05) is 42.1 Å². The van der Waals surface area contributed by atoms with Gasteiger partial charge in [0.15, 0.2) is 12.2 Å². The molecule has 2 aromatic heterocycles. The van der Waals surface area contributed by atoms with Crippen molar-refractivity contribution in [3.63, 3.8) is 0 Å². The van der Waals surface area contributed by atoms with E-state index >= 15 is 0 Å². The highest BCUT2D eigenvalue weighted by atomic mass is 32.2. The van der Waals surface area contributed by atoms with Gasteiger partial charge in [-0.25, -0.2) is 9.97 Å². The lowest BCUT2D eigenvalue weighted by atomic mass is 10.0. The Hall–Kier alpha value is -2.47. The molecule has 144 valence electrons. The molecule has 0 radical (unpaired) electrons. The van der Waals surface area contributed by atoms with Crippen molar-refractivity contribution in [2.75, 3.05) is 24.6 Å². The largest absolute Gasteiger partial charge is 0.442 e. The van der Waals surface area contributed by atoms with Gasteiger partial charge in [0.05, 0.1) is 16.8 Å². The molecule has 8 heteroatoms. The third-order valence-electron chi connectivity index (χ3n) is 3.92. The molecular formula is C20H19N3O3S2. The minimum Gasteiger partial charge on any atom is -0.442 e. The number of oxazole rings is 1. The topological polar surface area (TPSA) is 89.0 Å². The predicted octanol–water partition coefficient (Wildman–Crippen LogP) is 4.11. The molecular weight excluding hydrogens is 394 g/mol. The number of aromatic nitrogens is 2. The Balaban J connectivity index is 1.95. The monoisotopic (exact) mass is 413 g/mol. The summed E-state index contributed by atoms with van der Waals surface area (Å²) in [6, 6.07) is 13.7. The number of benzene rings is 1. The van der Waals surface area contributed by atoms with Gasteiger partial charge in [0.25, 0.3) is 0 Å². The molecule has 28 heavy (non-hydrogen) atoms. The van der Waals surface area contributed by atoms with E-state index in [4.69, 9.17) is 9.15 Å². The Morgan fingerprint density at radius 2 is 2.14 bits per heavy atom. The van der Waals surface area contributed by atoms with Crippen LogP contribution >= 0.6 is 11.8 Å². The molecule has 1 aromatic carbocycles. The molecule has 6 nitrogen and oxygen atoms in total. The van der Waals surface area contributed by atoms with E-state index in [9.17, 15) is 9.47 Å². The summed E-state index contributed by atoms with van der Waals surface area (Å²) in [7, 11) is 0.597. The van der Waals surface area contributed by atoms with Crippen molar-refractivity contribution in [3.05, 3.63) is 54.6 Å². The third kappa shape index (κ3) is 5.07. The number of hydrogen-bond donors (Lipinski definition) is 0. The first-order valence-electron chi connectivity index (χ1n) is 8.59. The van der Waals surface area contributed by atoms with E-state index in [0.717, 1.165) is 17.5 Å². The smallest absolute Gasteiger partial charge is 0.181 e. The number of nitrogens with zero attached hydrogens (tertiary/aromatic N) is 3. The van der Waals surface area contributed by atoms with Crippen LogP contribution in [0.2, 0.25) is 0 Å². The van der Waals surface area contributed by atoms with Crippen molar-refractivity contribution in [2.45, 2.75) is 11.4 Å². The Morgan fingerprint density at radius 1 is 1.32 bits per heavy atom. The molecule has 0 spiro atoms. The first kappa shape index (κ1) is 20.3. The minimum atomic E-state index is -1.03. The number of rotatable bonds is 9. The van der Waals surface area contributed by atoms with Crippen molar-refractivity contribution in [1.29, 1.82) is 5.26 Å². The van der Waals surface area contributed by atoms with Gasteiger partial charge in [0.1, 0.15) is 16.8 Å². The molecule has 0 N–H and O–H groups in total. The second kappa shape index (κ2) is 10.2. The van der Waals surface area contributed by atoms with Gasteiger partial charge in [-0.3, -0.25) is 4.21 Å². The average molecular weight is 414 g/mol. The molecule has 3 rings (SSSR count). The van der Waals surface area contributed by atoms with E-state index in [1.807, 2.05) is 36.4 Å². The molecule has 0 amide bonds. The summed E-state index contributed by atoms with van der Waals surface area (Å²) in [6.07, 6.45) is 3.66. The van der Waals surface area contributed by atoms with E-state index in [1.165, 1.54) is 18.2 Å². The molecule has 0 fully saturated rings. The molecule has 2 heterocycles. The maximum atomic E-state index is 12.3. The maximum absolute atomic E-state index is 12.3. The van der Waals surface area contributed by atoms with Crippen LogP contribution < -0.4 is 0 Å². The van der Waals surface area contributed by atoms with Gasteiger partial charge in [-0.15, -0.1) is 0 Å². The number of nitriles is 1. The molecule has 0 bridgehead atoms. The number of pyridine rings is 1. The fraction of sp³-hybridized carbons (Fsp3) is 0.250. The van der Waals surface area contributed by atoms with Crippen LogP contribution in [0.3, 0.4) is 0 Å². The maximum Gasteiger partial charge on any atom is 0.181 e. The minimum absolute atomic E-state index is 0.361. The standard InChI is InChI=1S/C20H19N3O3S2/c1-25-8-5-9-28(24)14-27-20-17(11-21)16(15-6-3-2-4-7-15)10-18(23-20)19-12-22-13-26-19/h2-4,6-7,10,12-13H,5,8-9,14H2,1H3. The number of ether oxygens (including phenoxy) is 1. The Labute approximate surface area is 170 Å². The van der Waals surface area contributed by atoms with Crippen LogP contribution in [0.4, 0.5) is 0 Å². The lowest BCUT2D eigenvalue weighted by Gasteiger charge is -2.11. The summed E-state index contributed by atoms with van der Waals surface area (Å²) in [6.45, 7) is 0.581. The van der Waals surface area contributed by atoms with Crippen LogP contribution in [0.25, 0.3) is 22.6 Å². The zero-order valence-electron chi connectivity index (χ0n) is 15.3. The second-order valence-corrected chi connectivity index (χ2v) is 8.74. The molecule has 0 aliphatic heterocycles. The molecule has 3 aromatic rings.